The minimum atomic E-state index is 0.330. The second-order valence-electron chi connectivity index (χ2n) is 5.15. The van der Waals surface area contributed by atoms with Gasteiger partial charge in [-0.1, -0.05) is 29.8 Å². The molecule has 1 heteroatoms. The lowest BCUT2D eigenvalue weighted by molar-refractivity contribution is 0.0914. The van der Waals surface area contributed by atoms with E-state index in [0.717, 1.165) is 30.2 Å². The summed E-state index contributed by atoms with van der Waals surface area (Å²) in [7, 11) is 0. The summed E-state index contributed by atoms with van der Waals surface area (Å²) in [5.74, 6) is 2.49. The van der Waals surface area contributed by atoms with Gasteiger partial charge in [-0.2, -0.15) is 0 Å². The second-order valence-corrected chi connectivity index (χ2v) is 5.15. The largest absolute Gasteiger partial charge is 0.294 e. The molecule has 2 atom stereocenters. The quantitative estimate of drug-likeness (QED) is 0.670. The van der Waals surface area contributed by atoms with Gasteiger partial charge in [0, 0.05) is 11.5 Å². The highest BCUT2D eigenvalue weighted by Crippen LogP contribution is 2.54. The molecule has 0 aliphatic heterocycles. The molecular formula is C14H16O. The fourth-order valence-corrected chi connectivity index (χ4v) is 2.88. The molecule has 3 rings (SSSR count). The van der Waals surface area contributed by atoms with E-state index in [1.165, 1.54) is 12.0 Å². The molecule has 15 heavy (non-hydrogen) atoms. The molecule has 2 fully saturated rings. The van der Waals surface area contributed by atoms with Crippen molar-refractivity contribution in [3.63, 3.8) is 0 Å². The minimum Gasteiger partial charge on any atom is -0.294 e. The number of fused-ring (bicyclic) bond motifs is 1. The van der Waals surface area contributed by atoms with Crippen molar-refractivity contribution in [3.05, 3.63) is 35.4 Å². The van der Waals surface area contributed by atoms with Crippen molar-refractivity contribution < 1.29 is 4.79 Å². The molecule has 0 saturated heterocycles. The maximum absolute atomic E-state index is 12.1. The summed E-state index contributed by atoms with van der Waals surface area (Å²) in [5.41, 5.74) is 2.13. The molecule has 2 unspecified atom stereocenters. The maximum atomic E-state index is 12.1. The number of ketones is 1. The summed E-state index contributed by atoms with van der Waals surface area (Å²) in [4.78, 5) is 12.1. The van der Waals surface area contributed by atoms with Crippen LogP contribution in [-0.2, 0) is 0 Å². The van der Waals surface area contributed by atoms with Crippen molar-refractivity contribution in [2.75, 3.05) is 0 Å². The molecule has 2 aliphatic rings. The van der Waals surface area contributed by atoms with Gasteiger partial charge in [0.15, 0.2) is 5.78 Å². The monoisotopic (exact) mass is 200 g/mol. The Hall–Kier alpha value is -1.11. The number of carbonyl (C=O) groups is 1. The molecule has 0 N–H and O–H groups in total. The predicted octanol–water partition coefficient (Wildman–Crippen LogP) is 3.22. The topological polar surface area (TPSA) is 17.1 Å². The molecule has 78 valence electrons. The molecule has 2 aliphatic carbocycles. The van der Waals surface area contributed by atoms with Gasteiger partial charge in [-0.3, -0.25) is 4.79 Å². The fraction of sp³-hybridized carbons (Fsp3) is 0.500. The van der Waals surface area contributed by atoms with Crippen LogP contribution in [0.25, 0.3) is 0 Å². The smallest absolute Gasteiger partial charge is 0.165 e. The van der Waals surface area contributed by atoms with Crippen LogP contribution < -0.4 is 0 Å². The first-order valence-corrected chi connectivity index (χ1v) is 5.85. The highest BCUT2D eigenvalue weighted by Gasteiger charge is 2.47. The van der Waals surface area contributed by atoms with Crippen molar-refractivity contribution >= 4 is 5.78 Å². The molecule has 0 radical (unpaired) electrons. The molecule has 0 heterocycles. The lowest BCUT2D eigenvalue weighted by Crippen LogP contribution is -2.12. The van der Waals surface area contributed by atoms with Crippen LogP contribution in [-0.4, -0.2) is 5.78 Å². The number of aryl methyl sites for hydroxylation is 1. The second kappa shape index (κ2) is 3.19. The fourth-order valence-electron chi connectivity index (χ4n) is 2.88. The van der Waals surface area contributed by atoms with E-state index < -0.39 is 0 Å². The predicted molar refractivity (Wildman–Crippen MR) is 59.8 cm³/mol. The van der Waals surface area contributed by atoms with E-state index >= 15 is 0 Å². The summed E-state index contributed by atoms with van der Waals surface area (Å²) in [5, 5.41) is 0. The molecule has 1 aromatic carbocycles. The van der Waals surface area contributed by atoms with Gasteiger partial charge in [0.05, 0.1) is 0 Å². The SMILES string of the molecule is Cc1ccc(C(=O)C2CC3CC3C2)cc1. The van der Waals surface area contributed by atoms with E-state index in [9.17, 15) is 4.79 Å². The molecule has 0 amide bonds. The van der Waals surface area contributed by atoms with Crippen molar-refractivity contribution in [2.45, 2.75) is 26.2 Å². The molecule has 1 nitrogen and oxygen atoms in total. The molecule has 0 aromatic heterocycles. The van der Waals surface area contributed by atoms with Crippen LogP contribution in [0.4, 0.5) is 0 Å². The number of rotatable bonds is 2. The van der Waals surface area contributed by atoms with Crippen LogP contribution in [0.5, 0.6) is 0 Å². The van der Waals surface area contributed by atoms with Gasteiger partial charge in [-0.05, 0) is 38.0 Å². The van der Waals surface area contributed by atoms with Crippen LogP contribution in [0.1, 0.15) is 35.2 Å². The number of Topliss-reactive ketones (excluding diaryl/α,β-unsaturated/α-hetero) is 1. The van der Waals surface area contributed by atoms with Crippen molar-refractivity contribution in [1.82, 2.24) is 0 Å². The molecular weight excluding hydrogens is 184 g/mol. The van der Waals surface area contributed by atoms with Crippen LogP contribution in [0, 0.1) is 24.7 Å². The number of benzene rings is 1. The van der Waals surface area contributed by atoms with E-state index in [1.807, 2.05) is 24.3 Å². The average molecular weight is 200 g/mol. The van der Waals surface area contributed by atoms with Gasteiger partial charge in [0.25, 0.3) is 0 Å². The Labute approximate surface area is 90.5 Å². The van der Waals surface area contributed by atoms with Crippen LogP contribution >= 0.6 is 0 Å². The van der Waals surface area contributed by atoms with Gasteiger partial charge in [-0.15, -0.1) is 0 Å². The van der Waals surface area contributed by atoms with Crippen LogP contribution in [0.2, 0.25) is 0 Å². The molecule has 0 spiro atoms. The minimum absolute atomic E-state index is 0.330. The Morgan fingerprint density at radius 3 is 2.27 bits per heavy atom. The van der Waals surface area contributed by atoms with E-state index in [1.54, 1.807) is 0 Å². The third kappa shape index (κ3) is 1.60. The number of carbonyl (C=O) groups excluding carboxylic acids is 1. The Kier molecular flexibility index (Phi) is 1.95. The van der Waals surface area contributed by atoms with Gasteiger partial charge < -0.3 is 0 Å². The first-order chi connectivity index (χ1) is 7.24. The summed E-state index contributed by atoms with van der Waals surface area (Å²) < 4.78 is 0. The van der Waals surface area contributed by atoms with Crippen LogP contribution in [0.15, 0.2) is 24.3 Å². The van der Waals surface area contributed by atoms with Crippen molar-refractivity contribution in [2.24, 2.45) is 17.8 Å². The molecule has 2 saturated carbocycles. The Balaban J connectivity index is 1.76. The zero-order chi connectivity index (χ0) is 10.4. The van der Waals surface area contributed by atoms with Gasteiger partial charge in [-0.25, -0.2) is 0 Å². The highest BCUT2D eigenvalue weighted by atomic mass is 16.1. The first kappa shape index (κ1) is 9.14. The summed E-state index contributed by atoms with van der Waals surface area (Å²) in [6.45, 7) is 2.05. The third-order valence-corrected chi connectivity index (χ3v) is 3.95. The normalized spacial score (nSPS) is 32.5. The van der Waals surface area contributed by atoms with Gasteiger partial charge in [0.2, 0.25) is 0 Å². The van der Waals surface area contributed by atoms with Crippen LogP contribution in [0.3, 0.4) is 0 Å². The van der Waals surface area contributed by atoms with E-state index in [2.05, 4.69) is 6.92 Å². The Bertz CT molecular complexity index is 380. The van der Waals surface area contributed by atoms with E-state index in [0.29, 0.717) is 11.7 Å². The number of hydrogen-bond acceptors (Lipinski definition) is 1. The number of hydrogen-bond donors (Lipinski definition) is 0. The van der Waals surface area contributed by atoms with E-state index in [-0.39, 0.29) is 0 Å². The average Bonchev–Trinajstić information content (AvgIpc) is 2.86. The standard InChI is InChI=1S/C14H16O/c1-9-2-4-10(5-3-9)14(15)13-7-11-6-12(11)8-13/h2-5,11-13H,6-8H2,1H3. The Morgan fingerprint density at radius 1 is 1.07 bits per heavy atom. The van der Waals surface area contributed by atoms with Gasteiger partial charge >= 0.3 is 0 Å². The summed E-state index contributed by atoms with van der Waals surface area (Å²) >= 11 is 0. The van der Waals surface area contributed by atoms with E-state index in [4.69, 9.17) is 0 Å². The highest BCUT2D eigenvalue weighted by molar-refractivity contribution is 5.98. The zero-order valence-electron chi connectivity index (χ0n) is 9.07. The van der Waals surface area contributed by atoms with Crippen molar-refractivity contribution in [1.29, 1.82) is 0 Å². The summed E-state index contributed by atoms with van der Waals surface area (Å²) in [6, 6.07) is 8.01. The lowest BCUT2D eigenvalue weighted by atomic mass is 9.93. The van der Waals surface area contributed by atoms with Gasteiger partial charge in [0.1, 0.15) is 0 Å². The first-order valence-electron chi connectivity index (χ1n) is 5.85. The zero-order valence-corrected chi connectivity index (χ0v) is 9.07. The Morgan fingerprint density at radius 2 is 1.67 bits per heavy atom. The molecule has 1 aromatic rings. The maximum Gasteiger partial charge on any atom is 0.165 e. The van der Waals surface area contributed by atoms with Crippen molar-refractivity contribution in [3.8, 4) is 0 Å². The molecule has 0 bridgehead atoms. The lowest BCUT2D eigenvalue weighted by Gasteiger charge is -2.10. The third-order valence-electron chi connectivity index (χ3n) is 3.95. The summed E-state index contributed by atoms with van der Waals surface area (Å²) in [6.07, 6.45) is 3.69.